The van der Waals surface area contributed by atoms with Gasteiger partial charge in [-0.1, -0.05) is 13.0 Å². The summed E-state index contributed by atoms with van der Waals surface area (Å²) in [5.74, 6) is 2.13. The van der Waals surface area contributed by atoms with Crippen LogP contribution < -0.4 is 5.32 Å². The van der Waals surface area contributed by atoms with Crippen molar-refractivity contribution in [2.75, 3.05) is 18.1 Å². The van der Waals surface area contributed by atoms with Gasteiger partial charge in [-0.15, -0.1) is 0 Å². The molecule has 1 aliphatic rings. The van der Waals surface area contributed by atoms with Gasteiger partial charge in [0, 0.05) is 17.7 Å². The van der Waals surface area contributed by atoms with Gasteiger partial charge in [0.2, 0.25) is 0 Å². The molecule has 1 atom stereocenters. The zero-order valence-electron chi connectivity index (χ0n) is 12.0. The largest absolute Gasteiger partial charge is 0.310 e. The van der Waals surface area contributed by atoms with Gasteiger partial charge >= 0.3 is 0 Å². The smallest absolute Gasteiger partial charge is 0.130 e. The topological polar surface area (TPSA) is 12.0 Å². The molecule has 0 spiro atoms. The third-order valence-electron chi connectivity index (χ3n) is 3.89. The van der Waals surface area contributed by atoms with E-state index in [0.29, 0.717) is 11.5 Å². The van der Waals surface area contributed by atoms with E-state index in [2.05, 4.69) is 12.2 Å². The molecule has 0 aromatic heterocycles. The highest BCUT2D eigenvalue weighted by Crippen LogP contribution is 2.32. The summed E-state index contributed by atoms with van der Waals surface area (Å²) in [5, 5.41) is 3.42. The number of hydrogen-bond acceptors (Lipinski definition) is 2. The zero-order chi connectivity index (χ0) is 14.4. The molecule has 0 aliphatic carbocycles. The van der Waals surface area contributed by atoms with Gasteiger partial charge in [0.05, 0.1) is 0 Å². The number of halogens is 2. The Morgan fingerprint density at radius 3 is 2.70 bits per heavy atom. The van der Waals surface area contributed by atoms with Gasteiger partial charge in [0.25, 0.3) is 0 Å². The van der Waals surface area contributed by atoms with Crippen LogP contribution in [0.15, 0.2) is 18.2 Å². The van der Waals surface area contributed by atoms with Crippen LogP contribution in [-0.2, 0) is 0 Å². The fraction of sp³-hybridized carbons (Fsp3) is 0.625. The molecule has 1 nitrogen and oxygen atoms in total. The lowest BCUT2D eigenvalue weighted by Gasteiger charge is -2.27. The average molecular weight is 299 g/mol. The van der Waals surface area contributed by atoms with Crippen LogP contribution in [0.25, 0.3) is 0 Å². The van der Waals surface area contributed by atoms with Gasteiger partial charge in [0.1, 0.15) is 11.6 Å². The summed E-state index contributed by atoms with van der Waals surface area (Å²) < 4.78 is 27.1. The van der Waals surface area contributed by atoms with E-state index in [1.165, 1.54) is 30.4 Å². The van der Waals surface area contributed by atoms with Crippen LogP contribution in [0.2, 0.25) is 0 Å². The molecule has 20 heavy (non-hydrogen) atoms. The Bertz CT molecular complexity index is 419. The molecule has 1 aromatic rings. The summed E-state index contributed by atoms with van der Waals surface area (Å²) in [6, 6.07) is 3.95. The fourth-order valence-corrected chi connectivity index (χ4v) is 3.94. The molecule has 1 unspecified atom stereocenters. The van der Waals surface area contributed by atoms with Crippen LogP contribution in [0.1, 0.15) is 44.2 Å². The maximum absolute atomic E-state index is 14.0. The monoisotopic (exact) mass is 299 g/mol. The van der Waals surface area contributed by atoms with Crippen molar-refractivity contribution < 1.29 is 8.78 Å². The average Bonchev–Trinajstić information content (AvgIpc) is 2.45. The molecule has 1 aromatic carbocycles. The minimum atomic E-state index is -0.505. The predicted molar refractivity (Wildman–Crippen MR) is 82.1 cm³/mol. The molecule has 1 N–H and O–H groups in total. The van der Waals surface area contributed by atoms with Gasteiger partial charge in [-0.2, -0.15) is 11.8 Å². The second-order valence-corrected chi connectivity index (χ2v) is 6.69. The summed E-state index contributed by atoms with van der Waals surface area (Å²) in [7, 11) is 0. The van der Waals surface area contributed by atoms with Gasteiger partial charge < -0.3 is 5.32 Å². The van der Waals surface area contributed by atoms with E-state index in [-0.39, 0.29) is 6.04 Å². The minimum absolute atomic E-state index is 0.00338. The van der Waals surface area contributed by atoms with Crippen molar-refractivity contribution in [2.24, 2.45) is 5.92 Å². The summed E-state index contributed by atoms with van der Waals surface area (Å²) >= 11 is 2.00. The summed E-state index contributed by atoms with van der Waals surface area (Å²) in [6.07, 6.45) is 4.37. The molecule has 4 heteroatoms. The van der Waals surface area contributed by atoms with Crippen molar-refractivity contribution in [3.05, 3.63) is 35.4 Å². The summed E-state index contributed by atoms with van der Waals surface area (Å²) in [5.41, 5.74) is 0.609. The lowest BCUT2D eigenvalue weighted by molar-refractivity contribution is 0.362. The van der Waals surface area contributed by atoms with Gasteiger partial charge in [-0.25, -0.2) is 8.78 Å². The van der Waals surface area contributed by atoms with Crippen molar-refractivity contribution in [3.8, 4) is 0 Å². The first-order valence-corrected chi connectivity index (χ1v) is 8.62. The van der Waals surface area contributed by atoms with Crippen LogP contribution in [0.5, 0.6) is 0 Å². The molecule has 1 heterocycles. The third-order valence-corrected chi connectivity index (χ3v) is 4.94. The van der Waals surface area contributed by atoms with Crippen LogP contribution in [0.4, 0.5) is 8.78 Å². The number of rotatable bonds is 6. The number of benzene rings is 1. The van der Waals surface area contributed by atoms with Crippen molar-refractivity contribution in [1.29, 1.82) is 0 Å². The first kappa shape index (κ1) is 15.8. The highest BCUT2D eigenvalue weighted by molar-refractivity contribution is 7.99. The Balaban J connectivity index is 2.08. The Morgan fingerprint density at radius 1 is 1.30 bits per heavy atom. The molecule has 0 bridgehead atoms. The molecule has 1 saturated heterocycles. The van der Waals surface area contributed by atoms with E-state index >= 15 is 0 Å². The first-order valence-electron chi connectivity index (χ1n) is 7.46. The van der Waals surface area contributed by atoms with Crippen LogP contribution in [0, 0.1) is 17.6 Å². The Kier molecular flexibility index (Phi) is 6.30. The predicted octanol–water partition coefficient (Wildman–Crippen LogP) is 4.54. The molecule has 1 fully saturated rings. The fourth-order valence-electron chi connectivity index (χ4n) is 2.74. The highest BCUT2D eigenvalue weighted by atomic mass is 32.2. The zero-order valence-corrected chi connectivity index (χ0v) is 12.8. The molecule has 0 amide bonds. The first-order chi connectivity index (χ1) is 9.70. The highest BCUT2D eigenvalue weighted by Gasteiger charge is 2.22. The Morgan fingerprint density at radius 2 is 2.05 bits per heavy atom. The lowest BCUT2D eigenvalue weighted by atomic mass is 9.90. The minimum Gasteiger partial charge on any atom is -0.310 e. The van der Waals surface area contributed by atoms with E-state index in [1.807, 2.05) is 11.8 Å². The van der Waals surface area contributed by atoms with Gasteiger partial charge in [-0.05, 0) is 55.7 Å². The van der Waals surface area contributed by atoms with Crippen molar-refractivity contribution in [3.63, 3.8) is 0 Å². The molecular formula is C16H23F2NS. The maximum atomic E-state index is 14.0. The second kappa shape index (κ2) is 7.99. The number of hydrogen-bond donors (Lipinski definition) is 1. The molecule has 1 aliphatic heterocycles. The van der Waals surface area contributed by atoms with Crippen molar-refractivity contribution >= 4 is 11.8 Å². The van der Waals surface area contributed by atoms with Crippen LogP contribution in [0.3, 0.4) is 0 Å². The van der Waals surface area contributed by atoms with Crippen LogP contribution >= 0.6 is 11.8 Å². The summed E-state index contributed by atoms with van der Waals surface area (Å²) in [4.78, 5) is 0. The van der Waals surface area contributed by atoms with E-state index in [0.717, 1.165) is 25.5 Å². The van der Waals surface area contributed by atoms with Crippen molar-refractivity contribution in [2.45, 2.75) is 38.6 Å². The molecular weight excluding hydrogens is 276 g/mol. The molecule has 0 radical (unpaired) electrons. The van der Waals surface area contributed by atoms with Crippen molar-refractivity contribution in [1.82, 2.24) is 5.32 Å². The van der Waals surface area contributed by atoms with E-state index in [1.54, 1.807) is 6.07 Å². The SMILES string of the molecule is CCCNC(CC1CCSCC1)c1ccc(F)cc1F. The molecule has 0 saturated carbocycles. The van der Waals surface area contributed by atoms with Crippen LogP contribution in [-0.4, -0.2) is 18.1 Å². The maximum Gasteiger partial charge on any atom is 0.130 e. The third kappa shape index (κ3) is 4.45. The standard InChI is InChI=1S/C16H23F2NS/c1-2-7-19-16(10-12-5-8-20-9-6-12)14-4-3-13(17)11-15(14)18/h3-4,11-12,16,19H,2,5-10H2,1H3. The molecule has 112 valence electrons. The Hall–Kier alpha value is -0.610. The van der Waals surface area contributed by atoms with E-state index < -0.39 is 11.6 Å². The second-order valence-electron chi connectivity index (χ2n) is 5.46. The van der Waals surface area contributed by atoms with E-state index in [4.69, 9.17) is 0 Å². The van der Waals surface area contributed by atoms with Gasteiger partial charge in [-0.3, -0.25) is 0 Å². The molecule has 2 rings (SSSR count). The number of nitrogens with one attached hydrogen (secondary N) is 1. The lowest BCUT2D eigenvalue weighted by Crippen LogP contribution is -2.26. The Labute approximate surface area is 124 Å². The number of thioether (sulfide) groups is 1. The normalized spacial score (nSPS) is 18.1. The summed E-state index contributed by atoms with van der Waals surface area (Å²) in [6.45, 7) is 2.96. The van der Waals surface area contributed by atoms with E-state index in [9.17, 15) is 8.78 Å². The van der Waals surface area contributed by atoms with Gasteiger partial charge in [0.15, 0.2) is 0 Å². The quantitative estimate of drug-likeness (QED) is 0.827.